The summed E-state index contributed by atoms with van der Waals surface area (Å²) in [5.74, 6) is -4.37. The van der Waals surface area contributed by atoms with Crippen molar-refractivity contribution in [3.63, 3.8) is 0 Å². The summed E-state index contributed by atoms with van der Waals surface area (Å²) in [5.41, 5.74) is 0. The average molecular weight is 228 g/mol. The van der Waals surface area contributed by atoms with E-state index in [1.807, 2.05) is 0 Å². The van der Waals surface area contributed by atoms with Gasteiger partial charge in [-0.05, 0) is 0 Å². The van der Waals surface area contributed by atoms with Gasteiger partial charge in [0.1, 0.15) is 0 Å². The van der Waals surface area contributed by atoms with Crippen molar-refractivity contribution in [3.8, 4) is 0 Å². The molecule has 0 fully saturated rings. The molecule has 0 aliphatic rings. The second kappa shape index (κ2) is 4.47. The molecule has 0 saturated heterocycles. The Kier molecular flexibility index (Phi) is 6.60. The van der Waals surface area contributed by atoms with Crippen LogP contribution in [0.2, 0.25) is 0 Å². The molecule has 0 aromatic rings. The zero-order valence-corrected chi connectivity index (χ0v) is 6.27. The number of hydrogen-bond acceptors (Lipinski definition) is 4. The molecule has 5 heteroatoms. The molecule has 0 aromatic carbocycles. The van der Waals surface area contributed by atoms with Crippen LogP contribution in [0.15, 0.2) is 0 Å². The number of carbonyl (C=O) groups is 2. The average Bonchev–Trinajstić information content (AvgIpc) is 1.36. The molecule has 0 bridgehead atoms. The molecule has 0 aromatic heterocycles. The number of hydrogen-bond donors (Lipinski definition) is 0. The predicted molar refractivity (Wildman–Crippen MR) is 10.0 cm³/mol. The van der Waals surface area contributed by atoms with Crippen LogP contribution in [0.3, 0.4) is 0 Å². The third kappa shape index (κ3) is 6.32. The molecule has 0 aliphatic heterocycles. The van der Waals surface area contributed by atoms with Crippen LogP contribution in [-0.4, -0.2) is 11.9 Å². The number of rotatable bonds is 0. The van der Waals surface area contributed by atoms with Crippen molar-refractivity contribution >= 4 is 11.9 Å². The smallest absolute Gasteiger partial charge is 0.0870 e. The van der Waals surface area contributed by atoms with Gasteiger partial charge in [0.25, 0.3) is 0 Å². The molecule has 7 heavy (non-hydrogen) atoms. The molecule has 0 radical (unpaired) electrons. The minimum atomic E-state index is -2.19. The Morgan fingerprint density at radius 3 is 1.14 bits per heavy atom. The van der Waals surface area contributed by atoms with Gasteiger partial charge >= 0.3 is 0 Å². The van der Waals surface area contributed by atoms with Crippen LogP contribution in [0.1, 0.15) is 0 Å². The van der Waals surface area contributed by atoms with Gasteiger partial charge in [-0.1, -0.05) is 0 Å². The molecule has 0 aliphatic carbocycles. The van der Waals surface area contributed by atoms with E-state index in [1.54, 1.807) is 0 Å². The van der Waals surface area contributed by atoms with E-state index in [4.69, 9.17) is 19.8 Å². The third-order valence-corrected chi connectivity index (χ3v) is 0.167. The van der Waals surface area contributed by atoms with Crippen molar-refractivity contribution in [3.05, 3.63) is 0 Å². The van der Waals surface area contributed by atoms with E-state index in [-0.39, 0.29) is 41.7 Å². The summed E-state index contributed by atoms with van der Waals surface area (Å²) < 4.78 is 0. The van der Waals surface area contributed by atoms with Gasteiger partial charge in [-0.15, -0.1) is 0 Å². The maximum Gasteiger partial charge on any atom is 0.0870 e. The summed E-state index contributed by atoms with van der Waals surface area (Å²) in [4.78, 5) is 17.9. The van der Waals surface area contributed by atoms with Gasteiger partial charge in [-0.2, -0.15) is 0 Å². The minimum Gasteiger partial charge on any atom is -0.543 e. The fourth-order valence-electron chi connectivity index (χ4n) is 0. The number of carboxylic acid groups (broad SMARTS) is 2. The van der Waals surface area contributed by atoms with Crippen LogP contribution in [0, 0.1) is 41.7 Å². The molecular formula is C2CeO4-2. The number of carbonyl (C=O) groups excluding carboxylic acids is 2. The van der Waals surface area contributed by atoms with Crippen molar-refractivity contribution < 1.29 is 61.5 Å². The molecule has 0 spiro atoms. The van der Waals surface area contributed by atoms with Crippen LogP contribution >= 0.6 is 0 Å². The van der Waals surface area contributed by atoms with Crippen LogP contribution in [0.4, 0.5) is 0 Å². The topological polar surface area (TPSA) is 80.3 Å². The zero-order chi connectivity index (χ0) is 5.15. The zero-order valence-electron chi connectivity index (χ0n) is 3.13. The van der Waals surface area contributed by atoms with E-state index in [0.717, 1.165) is 0 Å². The Labute approximate surface area is 72.9 Å². The minimum absolute atomic E-state index is 0. The molecule has 0 atom stereocenters. The summed E-state index contributed by atoms with van der Waals surface area (Å²) in [6, 6.07) is 0. The van der Waals surface area contributed by atoms with Gasteiger partial charge < -0.3 is 19.8 Å². The number of aliphatic carboxylic acids is 2. The van der Waals surface area contributed by atoms with E-state index in [1.165, 1.54) is 0 Å². The predicted octanol–water partition coefficient (Wildman–Crippen LogP) is -3.51. The van der Waals surface area contributed by atoms with E-state index >= 15 is 0 Å². The fourth-order valence-corrected chi connectivity index (χ4v) is 0. The maximum atomic E-state index is 8.93. The molecule has 0 saturated carbocycles. The first kappa shape index (κ1) is 10.3. The first-order valence-corrected chi connectivity index (χ1v) is 1.07. The molecule has 0 rings (SSSR count). The summed E-state index contributed by atoms with van der Waals surface area (Å²) in [5, 5.41) is 17.9. The van der Waals surface area contributed by atoms with Gasteiger partial charge in [0.2, 0.25) is 0 Å². The standard InChI is InChI=1S/C2H2O4.Ce/c3-1(4)2(5)6;/h(H,3,4)(H,5,6);/p-2. The Balaban J connectivity index is 0. The van der Waals surface area contributed by atoms with E-state index in [0.29, 0.717) is 0 Å². The first-order chi connectivity index (χ1) is 2.64. The second-order valence-electron chi connectivity index (χ2n) is 0.575. The third-order valence-electron chi connectivity index (χ3n) is 0.167. The van der Waals surface area contributed by atoms with E-state index in [2.05, 4.69) is 0 Å². The normalized spacial score (nSPS) is 6.29. The number of carboxylic acids is 2. The molecule has 0 N–H and O–H groups in total. The maximum absolute atomic E-state index is 8.93. The van der Waals surface area contributed by atoms with Gasteiger partial charge in [0.05, 0.1) is 11.9 Å². The van der Waals surface area contributed by atoms with Crippen LogP contribution in [0.25, 0.3) is 0 Å². The fraction of sp³-hybridized carbons (Fsp3) is 0. The van der Waals surface area contributed by atoms with E-state index < -0.39 is 11.9 Å². The van der Waals surface area contributed by atoms with Crippen molar-refractivity contribution in [2.45, 2.75) is 0 Å². The monoisotopic (exact) mass is 228 g/mol. The van der Waals surface area contributed by atoms with Crippen LogP contribution in [-0.2, 0) is 9.59 Å². The quantitative estimate of drug-likeness (QED) is 0.403. The Bertz CT molecular complexity index is 75.7. The van der Waals surface area contributed by atoms with Crippen molar-refractivity contribution in [2.24, 2.45) is 0 Å². The van der Waals surface area contributed by atoms with Crippen LogP contribution < -0.4 is 10.2 Å². The second-order valence-corrected chi connectivity index (χ2v) is 0.575. The van der Waals surface area contributed by atoms with Crippen molar-refractivity contribution in [1.29, 1.82) is 0 Å². The van der Waals surface area contributed by atoms with Gasteiger partial charge in [0, 0.05) is 41.7 Å². The van der Waals surface area contributed by atoms with Gasteiger partial charge in [0.15, 0.2) is 0 Å². The largest absolute Gasteiger partial charge is 0.543 e. The molecule has 38 valence electrons. The summed E-state index contributed by atoms with van der Waals surface area (Å²) in [7, 11) is 0. The summed E-state index contributed by atoms with van der Waals surface area (Å²) >= 11 is 0. The van der Waals surface area contributed by atoms with E-state index in [9.17, 15) is 0 Å². The summed E-state index contributed by atoms with van der Waals surface area (Å²) in [6.07, 6.45) is 0. The first-order valence-electron chi connectivity index (χ1n) is 1.07. The SMILES string of the molecule is O=C([O-])C(=O)[O-].[Ce]. The summed E-state index contributed by atoms with van der Waals surface area (Å²) in [6.45, 7) is 0. The van der Waals surface area contributed by atoms with Gasteiger partial charge in [-0.25, -0.2) is 0 Å². The molecule has 0 unspecified atom stereocenters. The Hall–Kier alpha value is 0.317. The molecular weight excluding hydrogens is 228 g/mol. The van der Waals surface area contributed by atoms with Crippen LogP contribution in [0.5, 0.6) is 0 Å². The molecule has 0 heterocycles. The Morgan fingerprint density at radius 2 is 1.14 bits per heavy atom. The van der Waals surface area contributed by atoms with Crippen molar-refractivity contribution in [1.82, 2.24) is 0 Å². The molecule has 4 nitrogen and oxygen atoms in total. The van der Waals surface area contributed by atoms with Crippen molar-refractivity contribution in [2.75, 3.05) is 0 Å². The van der Waals surface area contributed by atoms with Gasteiger partial charge in [-0.3, -0.25) is 0 Å². The Morgan fingerprint density at radius 1 is 1.00 bits per heavy atom. The molecule has 0 amide bonds.